The first-order valence-corrected chi connectivity index (χ1v) is 8.24. The standard InChI is InChI=1S/C16H28N2O2/c1-3-5-10-17(4-2)16(20)14-7-6-11-18(12-14)15(19)13-8-9-13/h13-14H,3-12H2,1-2H3. The van der Waals surface area contributed by atoms with Crippen LogP contribution in [-0.4, -0.2) is 47.8 Å². The van der Waals surface area contributed by atoms with E-state index in [0.717, 1.165) is 58.2 Å². The summed E-state index contributed by atoms with van der Waals surface area (Å²) in [6.45, 7) is 7.33. The van der Waals surface area contributed by atoms with Crippen LogP contribution in [0.3, 0.4) is 0 Å². The van der Waals surface area contributed by atoms with Gasteiger partial charge >= 0.3 is 0 Å². The summed E-state index contributed by atoms with van der Waals surface area (Å²) in [5.74, 6) is 0.850. The Labute approximate surface area is 122 Å². The van der Waals surface area contributed by atoms with Gasteiger partial charge in [-0.2, -0.15) is 0 Å². The van der Waals surface area contributed by atoms with E-state index in [4.69, 9.17) is 0 Å². The summed E-state index contributed by atoms with van der Waals surface area (Å²) in [6, 6.07) is 0. The number of piperidine rings is 1. The lowest BCUT2D eigenvalue weighted by Gasteiger charge is -2.35. The van der Waals surface area contributed by atoms with Crippen molar-refractivity contribution < 1.29 is 9.59 Å². The number of likely N-dealkylation sites (tertiary alicyclic amines) is 1. The fourth-order valence-corrected chi connectivity index (χ4v) is 3.00. The number of rotatable bonds is 6. The highest BCUT2D eigenvalue weighted by Crippen LogP contribution is 2.32. The summed E-state index contributed by atoms with van der Waals surface area (Å²) in [5.41, 5.74) is 0. The Balaban J connectivity index is 1.89. The SMILES string of the molecule is CCCCN(CC)C(=O)C1CCCN(C(=O)C2CC2)C1. The van der Waals surface area contributed by atoms with Gasteiger partial charge in [0.15, 0.2) is 0 Å². The molecule has 1 saturated carbocycles. The predicted octanol–water partition coefficient (Wildman–Crippen LogP) is 2.28. The van der Waals surface area contributed by atoms with E-state index in [1.807, 2.05) is 16.7 Å². The van der Waals surface area contributed by atoms with Crippen molar-refractivity contribution in [2.45, 2.75) is 52.4 Å². The molecule has 2 aliphatic rings. The molecule has 0 aromatic carbocycles. The number of unbranched alkanes of at least 4 members (excludes halogenated alkanes) is 1. The van der Waals surface area contributed by atoms with Gasteiger partial charge in [0.05, 0.1) is 5.92 Å². The first kappa shape index (κ1) is 15.3. The Morgan fingerprint density at radius 2 is 1.90 bits per heavy atom. The van der Waals surface area contributed by atoms with Gasteiger partial charge in [0, 0.05) is 32.1 Å². The van der Waals surface area contributed by atoms with Crippen LogP contribution in [0.15, 0.2) is 0 Å². The molecule has 0 aromatic heterocycles. The summed E-state index contributed by atoms with van der Waals surface area (Å²) in [4.78, 5) is 28.6. The average Bonchev–Trinajstić information content (AvgIpc) is 3.32. The summed E-state index contributed by atoms with van der Waals surface area (Å²) in [7, 11) is 0. The van der Waals surface area contributed by atoms with Gasteiger partial charge in [-0.15, -0.1) is 0 Å². The van der Waals surface area contributed by atoms with Crippen LogP contribution in [0.4, 0.5) is 0 Å². The lowest BCUT2D eigenvalue weighted by Crippen LogP contribution is -2.47. The van der Waals surface area contributed by atoms with Crippen LogP contribution >= 0.6 is 0 Å². The van der Waals surface area contributed by atoms with E-state index in [1.165, 1.54) is 0 Å². The molecule has 2 fully saturated rings. The molecule has 0 N–H and O–H groups in total. The van der Waals surface area contributed by atoms with Gasteiger partial charge in [0.2, 0.25) is 11.8 Å². The quantitative estimate of drug-likeness (QED) is 0.749. The Morgan fingerprint density at radius 3 is 2.50 bits per heavy atom. The van der Waals surface area contributed by atoms with Gasteiger partial charge in [-0.25, -0.2) is 0 Å². The largest absolute Gasteiger partial charge is 0.343 e. The van der Waals surface area contributed by atoms with Crippen LogP contribution in [-0.2, 0) is 9.59 Å². The van der Waals surface area contributed by atoms with Crippen LogP contribution in [0.25, 0.3) is 0 Å². The van der Waals surface area contributed by atoms with Gasteiger partial charge < -0.3 is 9.80 Å². The first-order chi connectivity index (χ1) is 9.67. The second-order valence-corrected chi connectivity index (χ2v) is 6.17. The molecule has 20 heavy (non-hydrogen) atoms. The summed E-state index contributed by atoms with van der Waals surface area (Å²) >= 11 is 0. The molecule has 2 rings (SSSR count). The molecule has 2 amide bonds. The van der Waals surface area contributed by atoms with Crippen LogP contribution in [0.1, 0.15) is 52.4 Å². The van der Waals surface area contributed by atoms with E-state index in [-0.39, 0.29) is 17.7 Å². The first-order valence-electron chi connectivity index (χ1n) is 8.24. The smallest absolute Gasteiger partial charge is 0.227 e. The minimum absolute atomic E-state index is 0.0308. The third kappa shape index (κ3) is 3.74. The zero-order valence-electron chi connectivity index (χ0n) is 12.9. The Bertz CT molecular complexity index is 352. The van der Waals surface area contributed by atoms with Gasteiger partial charge in [-0.3, -0.25) is 9.59 Å². The minimum Gasteiger partial charge on any atom is -0.343 e. The highest BCUT2D eigenvalue weighted by Gasteiger charge is 2.37. The Morgan fingerprint density at radius 1 is 1.15 bits per heavy atom. The lowest BCUT2D eigenvalue weighted by molar-refractivity contribution is -0.141. The minimum atomic E-state index is 0.0308. The van der Waals surface area contributed by atoms with E-state index in [0.29, 0.717) is 12.5 Å². The zero-order chi connectivity index (χ0) is 14.5. The van der Waals surface area contributed by atoms with Crippen molar-refractivity contribution >= 4 is 11.8 Å². The van der Waals surface area contributed by atoms with E-state index in [9.17, 15) is 9.59 Å². The number of carbonyl (C=O) groups is 2. The second-order valence-electron chi connectivity index (χ2n) is 6.17. The average molecular weight is 280 g/mol. The van der Waals surface area contributed by atoms with Crippen LogP contribution in [0.5, 0.6) is 0 Å². The van der Waals surface area contributed by atoms with E-state index in [1.54, 1.807) is 0 Å². The third-order valence-electron chi connectivity index (χ3n) is 4.48. The third-order valence-corrected chi connectivity index (χ3v) is 4.48. The molecule has 0 bridgehead atoms. The van der Waals surface area contributed by atoms with Crippen molar-refractivity contribution in [1.29, 1.82) is 0 Å². The van der Waals surface area contributed by atoms with Gasteiger partial charge in [0.25, 0.3) is 0 Å². The summed E-state index contributed by atoms with van der Waals surface area (Å²) in [5, 5.41) is 0. The molecular weight excluding hydrogens is 252 g/mol. The van der Waals surface area contributed by atoms with E-state index >= 15 is 0 Å². The van der Waals surface area contributed by atoms with E-state index in [2.05, 4.69) is 6.92 Å². The molecule has 1 aliphatic carbocycles. The number of hydrogen-bond donors (Lipinski definition) is 0. The van der Waals surface area contributed by atoms with E-state index < -0.39 is 0 Å². The molecule has 4 nitrogen and oxygen atoms in total. The van der Waals surface area contributed by atoms with Crippen LogP contribution in [0, 0.1) is 11.8 Å². The number of nitrogens with zero attached hydrogens (tertiary/aromatic N) is 2. The molecule has 0 aromatic rings. The normalized spacial score (nSPS) is 22.7. The summed E-state index contributed by atoms with van der Waals surface area (Å²) < 4.78 is 0. The maximum Gasteiger partial charge on any atom is 0.227 e. The van der Waals surface area contributed by atoms with Crippen LogP contribution < -0.4 is 0 Å². The Hall–Kier alpha value is -1.06. The topological polar surface area (TPSA) is 40.6 Å². The number of amides is 2. The maximum atomic E-state index is 12.6. The highest BCUT2D eigenvalue weighted by atomic mass is 16.2. The van der Waals surface area contributed by atoms with Crippen LogP contribution in [0.2, 0.25) is 0 Å². The fraction of sp³-hybridized carbons (Fsp3) is 0.875. The number of carbonyl (C=O) groups excluding carboxylic acids is 2. The van der Waals surface area contributed by atoms with Crippen molar-refractivity contribution in [3.63, 3.8) is 0 Å². The lowest BCUT2D eigenvalue weighted by atomic mass is 9.96. The molecule has 1 saturated heterocycles. The summed E-state index contributed by atoms with van der Waals surface area (Å²) in [6.07, 6.45) is 6.19. The molecule has 1 unspecified atom stereocenters. The molecule has 1 atom stereocenters. The van der Waals surface area contributed by atoms with Gasteiger partial charge in [-0.05, 0) is 39.0 Å². The molecule has 1 aliphatic heterocycles. The molecule has 0 spiro atoms. The molecule has 4 heteroatoms. The van der Waals surface area contributed by atoms with Crippen molar-refractivity contribution in [2.24, 2.45) is 11.8 Å². The highest BCUT2D eigenvalue weighted by molar-refractivity contribution is 5.83. The second kappa shape index (κ2) is 7.09. The van der Waals surface area contributed by atoms with Crippen molar-refractivity contribution in [2.75, 3.05) is 26.2 Å². The molecular formula is C16H28N2O2. The molecule has 114 valence electrons. The monoisotopic (exact) mass is 280 g/mol. The van der Waals surface area contributed by atoms with Crippen molar-refractivity contribution in [3.05, 3.63) is 0 Å². The predicted molar refractivity (Wildman–Crippen MR) is 79.2 cm³/mol. The fourth-order valence-electron chi connectivity index (χ4n) is 3.00. The number of hydrogen-bond acceptors (Lipinski definition) is 2. The zero-order valence-corrected chi connectivity index (χ0v) is 12.9. The Kier molecular flexibility index (Phi) is 5.44. The van der Waals surface area contributed by atoms with Gasteiger partial charge in [0.1, 0.15) is 0 Å². The molecule has 1 heterocycles. The van der Waals surface area contributed by atoms with Crippen molar-refractivity contribution in [1.82, 2.24) is 9.80 Å². The maximum absolute atomic E-state index is 12.6. The molecule has 0 radical (unpaired) electrons. The van der Waals surface area contributed by atoms with Crippen molar-refractivity contribution in [3.8, 4) is 0 Å². The van der Waals surface area contributed by atoms with Gasteiger partial charge in [-0.1, -0.05) is 13.3 Å².